The van der Waals surface area contributed by atoms with E-state index < -0.39 is 0 Å². The Morgan fingerprint density at radius 1 is 1.12 bits per heavy atom. The van der Waals surface area contributed by atoms with Gasteiger partial charge < -0.3 is 20.9 Å². The van der Waals surface area contributed by atoms with Crippen molar-refractivity contribution in [1.29, 1.82) is 0 Å². The molecule has 2 aromatic heterocycles. The normalized spacial score (nSPS) is 23.4. The van der Waals surface area contributed by atoms with Crippen LogP contribution < -0.4 is 20.9 Å². The van der Waals surface area contributed by atoms with Crippen molar-refractivity contribution in [2.45, 2.75) is 57.4 Å². The first-order chi connectivity index (χ1) is 15.7. The van der Waals surface area contributed by atoms with E-state index in [4.69, 9.17) is 0 Å². The fraction of sp³-hybridized carbons (Fsp3) is 0.682. The van der Waals surface area contributed by atoms with Crippen LogP contribution in [0.4, 0.5) is 16.1 Å². The molecule has 1 amide bonds. The van der Waals surface area contributed by atoms with Crippen molar-refractivity contribution in [3.63, 3.8) is 0 Å². The zero-order valence-electron chi connectivity index (χ0n) is 18.4. The highest BCUT2D eigenvalue weighted by Crippen LogP contribution is 2.45. The third-order valence-electron chi connectivity index (χ3n) is 7.37. The first-order valence-corrected chi connectivity index (χ1v) is 12.6. The van der Waals surface area contributed by atoms with Gasteiger partial charge in [-0.05, 0) is 81.5 Å². The van der Waals surface area contributed by atoms with E-state index in [1.807, 2.05) is 12.1 Å². The molecule has 0 unspecified atom stereocenters. The smallest absolute Gasteiger partial charge is 0.226 e. The molecule has 5 rings (SSSR count). The van der Waals surface area contributed by atoms with Gasteiger partial charge in [-0.25, -0.2) is 0 Å². The van der Waals surface area contributed by atoms with Crippen LogP contribution in [0.25, 0.3) is 0 Å². The van der Waals surface area contributed by atoms with Crippen LogP contribution in [0, 0.1) is 11.3 Å². The second-order valence-electron chi connectivity index (χ2n) is 9.52. The summed E-state index contributed by atoms with van der Waals surface area (Å²) in [6.45, 7) is 4.08. The first-order valence-electron chi connectivity index (χ1n) is 11.8. The Balaban J connectivity index is 1.06. The van der Waals surface area contributed by atoms with E-state index in [0.717, 1.165) is 43.5 Å². The van der Waals surface area contributed by atoms with E-state index in [1.165, 1.54) is 49.9 Å². The molecule has 32 heavy (non-hydrogen) atoms. The van der Waals surface area contributed by atoms with E-state index in [0.29, 0.717) is 22.9 Å². The number of carbonyl (C=O) groups excluding carboxylic acids is 1. The second-order valence-corrected chi connectivity index (χ2v) is 10.5. The van der Waals surface area contributed by atoms with Crippen LogP contribution in [0.5, 0.6) is 0 Å². The Kier molecular flexibility index (Phi) is 6.49. The fourth-order valence-electron chi connectivity index (χ4n) is 5.44. The molecule has 0 radical (unpaired) electrons. The van der Waals surface area contributed by atoms with Crippen LogP contribution in [0.2, 0.25) is 0 Å². The minimum atomic E-state index is 0.0636. The van der Waals surface area contributed by atoms with Crippen LogP contribution in [-0.2, 0) is 4.79 Å². The van der Waals surface area contributed by atoms with Crippen LogP contribution in [0.15, 0.2) is 18.3 Å². The van der Waals surface area contributed by atoms with Gasteiger partial charge in [0.25, 0.3) is 0 Å². The molecule has 2 aromatic rings. The van der Waals surface area contributed by atoms with Crippen molar-refractivity contribution in [2.75, 3.05) is 41.7 Å². The Labute approximate surface area is 192 Å². The lowest BCUT2D eigenvalue weighted by molar-refractivity contribution is -0.117. The number of nitrogens with zero attached hydrogens (tertiary/aromatic N) is 5. The third kappa shape index (κ3) is 5.17. The van der Waals surface area contributed by atoms with Crippen molar-refractivity contribution < 1.29 is 4.79 Å². The lowest BCUT2D eigenvalue weighted by Gasteiger charge is -2.43. The van der Waals surface area contributed by atoms with Crippen molar-refractivity contribution in [3.05, 3.63) is 18.3 Å². The van der Waals surface area contributed by atoms with Gasteiger partial charge in [0.15, 0.2) is 5.82 Å². The molecule has 3 fully saturated rings. The zero-order chi connectivity index (χ0) is 21.8. The van der Waals surface area contributed by atoms with E-state index in [1.54, 1.807) is 6.20 Å². The van der Waals surface area contributed by atoms with Crippen molar-refractivity contribution in [1.82, 2.24) is 25.7 Å². The first kappa shape index (κ1) is 21.5. The van der Waals surface area contributed by atoms with Crippen LogP contribution in [-0.4, -0.2) is 58.5 Å². The molecule has 1 spiro atoms. The lowest BCUT2D eigenvalue weighted by Crippen LogP contribution is -2.39. The predicted molar refractivity (Wildman–Crippen MR) is 126 cm³/mol. The average molecular weight is 457 g/mol. The topological polar surface area (TPSA) is 108 Å². The average Bonchev–Trinajstić information content (AvgIpc) is 3.47. The maximum absolute atomic E-state index is 12.6. The van der Waals surface area contributed by atoms with Gasteiger partial charge in [0.2, 0.25) is 16.2 Å². The molecule has 0 aromatic carbocycles. The Bertz CT molecular complexity index is 890. The monoisotopic (exact) mass is 456 g/mol. The van der Waals surface area contributed by atoms with Gasteiger partial charge >= 0.3 is 0 Å². The summed E-state index contributed by atoms with van der Waals surface area (Å²) in [4.78, 5) is 14.8. The number of rotatable bonds is 6. The van der Waals surface area contributed by atoms with Crippen molar-refractivity contribution >= 4 is 33.3 Å². The summed E-state index contributed by atoms with van der Waals surface area (Å²) in [5.74, 6) is 1.45. The molecule has 1 aliphatic carbocycles. The summed E-state index contributed by atoms with van der Waals surface area (Å²) in [6.07, 6.45) is 10.7. The molecule has 172 valence electrons. The third-order valence-corrected chi connectivity index (χ3v) is 8.14. The molecular formula is C22H32N8OS. The molecule has 9 nitrogen and oxygen atoms in total. The Morgan fingerprint density at radius 2 is 1.94 bits per heavy atom. The summed E-state index contributed by atoms with van der Waals surface area (Å²) in [5, 5.41) is 27.7. The number of hydrogen-bond donors (Lipinski definition) is 3. The number of piperidine rings is 1. The number of aromatic nitrogens is 4. The molecule has 3 aliphatic rings. The SMILES string of the molecule is O=C(CC1CCC2(CCNCC2)CC1)Nc1nnc(N[C@@H]2CCN(c3cccnn3)C2)s1. The van der Waals surface area contributed by atoms with Gasteiger partial charge in [-0.15, -0.1) is 15.3 Å². The van der Waals surface area contributed by atoms with Gasteiger partial charge in [-0.1, -0.05) is 11.3 Å². The molecule has 0 bridgehead atoms. The molecule has 1 saturated carbocycles. The van der Waals surface area contributed by atoms with Gasteiger partial charge in [0.1, 0.15) is 0 Å². The van der Waals surface area contributed by atoms with Crippen LogP contribution in [0.1, 0.15) is 51.4 Å². The van der Waals surface area contributed by atoms with Crippen molar-refractivity contribution in [2.24, 2.45) is 11.3 Å². The molecule has 2 aliphatic heterocycles. The highest BCUT2D eigenvalue weighted by Gasteiger charge is 2.36. The van der Waals surface area contributed by atoms with E-state index in [-0.39, 0.29) is 11.9 Å². The number of anilines is 3. The van der Waals surface area contributed by atoms with Gasteiger partial charge in [0.05, 0.1) is 0 Å². The molecule has 1 atom stereocenters. The predicted octanol–water partition coefficient (Wildman–Crippen LogP) is 2.91. The number of amides is 1. The molecule has 2 saturated heterocycles. The molecule has 10 heteroatoms. The summed E-state index contributed by atoms with van der Waals surface area (Å²) < 4.78 is 0. The maximum Gasteiger partial charge on any atom is 0.226 e. The van der Waals surface area contributed by atoms with Crippen LogP contribution in [0.3, 0.4) is 0 Å². The van der Waals surface area contributed by atoms with E-state index >= 15 is 0 Å². The zero-order valence-corrected chi connectivity index (χ0v) is 19.2. The Morgan fingerprint density at radius 3 is 2.72 bits per heavy atom. The second kappa shape index (κ2) is 9.66. The minimum Gasteiger partial charge on any atom is -0.355 e. The number of carbonyl (C=O) groups is 1. The highest BCUT2D eigenvalue weighted by molar-refractivity contribution is 7.19. The van der Waals surface area contributed by atoms with E-state index in [9.17, 15) is 4.79 Å². The fourth-order valence-corrected chi connectivity index (χ4v) is 6.18. The highest BCUT2D eigenvalue weighted by atomic mass is 32.1. The molecule has 4 heterocycles. The van der Waals surface area contributed by atoms with Crippen LogP contribution >= 0.6 is 11.3 Å². The minimum absolute atomic E-state index is 0.0636. The lowest BCUT2D eigenvalue weighted by atomic mass is 9.65. The quantitative estimate of drug-likeness (QED) is 0.609. The van der Waals surface area contributed by atoms with Gasteiger partial charge in [0, 0.05) is 31.7 Å². The molecule has 3 N–H and O–H groups in total. The summed E-state index contributed by atoms with van der Waals surface area (Å²) in [5.41, 5.74) is 0.543. The number of hydrogen-bond acceptors (Lipinski definition) is 9. The van der Waals surface area contributed by atoms with Gasteiger partial charge in [-0.3, -0.25) is 4.79 Å². The summed E-state index contributed by atoms with van der Waals surface area (Å²) in [7, 11) is 0. The Hall–Kier alpha value is -2.33. The largest absolute Gasteiger partial charge is 0.355 e. The summed E-state index contributed by atoms with van der Waals surface area (Å²) in [6, 6.07) is 4.16. The maximum atomic E-state index is 12.6. The van der Waals surface area contributed by atoms with E-state index in [2.05, 4.69) is 41.2 Å². The van der Waals surface area contributed by atoms with Crippen molar-refractivity contribution in [3.8, 4) is 0 Å². The standard InChI is InChI=1S/C22H32N8OS/c31-19(14-16-3-6-22(7-4-16)8-11-23-12-9-22)26-21-29-28-20(32-21)25-17-5-13-30(15-17)18-2-1-10-24-27-18/h1-2,10,16-17,23H,3-9,11-15H2,(H,25,28)(H,26,29,31)/t17-/m1/s1. The van der Waals surface area contributed by atoms with Gasteiger partial charge in [-0.2, -0.15) is 5.10 Å². The summed E-state index contributed by atoms with van der Waals surface area (Å²) >= 11 is 1.41. The molecular weight excluding hydrogens is 424 g/mol. The number of nitrogens with one attached hydrogen (secondary N) is 3.